The van der Waals surface area contributed by atoms with Crippen LogP contribution in [0, 0.1) is 17.7 Å². The normalized spacial score (nSPS) is 19.7. The van der Waals surface area contributed by atoms with Crippen LogP contribution in [0.3, 0.4) is 0 Å². The molecule has 1 fully saturated rings. The van der Waals surface area contributed by atoms with Gasteiger partial charge >= 0.3 is 12.0 Å². The van der Waals surface area contributed by atoms with Crippen LogP contribution in [0.15, 0.2) is 30.6 Å². The van der Waals surface area contributed by atoms with Gasteiger partial charge in [-0.3, -0.25) is 4.79 Å². The van der Waals surface area contributed by atoms with E-state index in [-0.39, 0.29) is 30.9 Å². The highest BCUT2D eigenvalue weighted by atomic mass is 19.1. The fourth-order valence-corrected chi connectivity index (χ4v) is 3.28. The molecular formula is C18H22FN5O3. The molecule has 0 saturated carbocycles. The van der Waals surface area contributed by atoms with Crippen LogP contribution in [-0.2, 0) is 17.9 Å². The molecule has 1 saturated heterocycles. The average Bonchev–Trinajstić information content (AvgIpc) is 3.06. The van der Waals surface area contributed by atoms with Crippen molar-refractivity contribution in [3.63, 3.8) is 0 Å². The van der Waals surface area contributed by atoms with Gasteiger partial charge in [0.05, 0.1) is 19.0 Å². The number of likely N-dealkylation sites (tertiary alicyclic amines) is 1. The number of hydrogen-bond acceptors (Lipinski definition) is 4. The van der Waals surface area contributed by atoms with Crippen molar-refractivity contribution in [3.8, 4) is 0 Å². The molecule has 0 bridgehead atoms. The van der Waals surface area contributed by atoms with Crippen molar-refractivity contribution < 1.29 is 19.1 Å². The molecule has 9 heteroatoms. The molecule has 0 spiro atoms. The van der Waals surface area contributed by atoms with Gasteiger partial charge in [0, 0.05) is 13.1 Å². The highest BCUT2D eigenvalue weighted by molar-refractivity contribution is 5.76. The van der Waals surface area contributed by atoms with E-state index in [1.54, 1.807) is 16.8 Å². The Hall–Kier alpha value is -2.97. The molecule has 8 nitrogen and oxygen atoms in total. The van der Waals surface area contributed by atoms with E-state index in [4.69, 9.17) is 0 Å². The number of urea groups is 1. The van der Waals surface area contributed by atoms with Gasteiger partial charge in [-0.05, 0) is 30.0 Å². The van der Waals surface area contributed by atoms with Gasteiger partial charge in [-0.2, -0.15) is 5.10 Å². The molecule has 3 rings (SSSR count). The molecule has 1 aliphatic rings. The minimum atomic E-state index is -0.878. The SMILES string of the molecule is CC1CC(C(=O)O)CN(C(=O)NCc2ncn(Cc3cccc(F)c3)n2)C1. The van der Waals surface area contributed by atoms with Crippen LogP contribution in [0.1, 0.15) is 24.7 Å². The van der Waals surface area contributed by atoms with Crippen molar-refractivity contribution in [1.29, 1.82) is 0 Å². The van der Waals surface area contributed by atoms with Crippen LogP contribution in [0.25, 0.3) is 0 Å². The minimum Gasteiger partial charge on any atom is -0.481 e. The van der Waals surface area contributed by atoms with Gasteiger partial charge in [0.15, 0.2) is 5.82 Å². The second-order valence-corrected chi connectivity index (χ2v) is 6.93. The second kappa shape index (κ2) is 8.15. The lowest BCUT2D eigenvalue weighted by atomic mass is 9.91. The Balaban J connectivity index is 1.53. The smallest absolute Gasteiger partial charge is 0.317 e. The first-order valence-electron chi connectivity index (χ1n) is 8.79. The summed E-state index contributed by atoms with van der Waals surface area (Å²) in [6, 6.07) is 5.91. The maximum atomic E-state index is 13.2. The molecule has 0 radical (unpaired) electrons. The maximum absolute atomic E-state index is 13.2. The molecule has 144 valence electrons. The second-order valence-electron chi connectivity index (χ2n) is 6.93. The van der Waals surface area contributed by atoms with E-state index in [9.17, 15) is 19.1 Å². The molecule has 2 aromatic rings. The number of aromatic nitrogens is 3. The lowest BCUT2D eigenvalue weighted by molar-refractivity contribution is -0.143. The number of hydrogen-bond donors (Lipinski definition) is 2. The summed E-state index contributed by atoms with van der Waals surface area (Å²) in [4.78, 5) is 29.2. The zero-order valence-electron chi connectivity index (χ0n) is 15.0. The first kappa shape index (κ1) is 18.8. The molecule has 2 heterocycles. The Morgan fingerprint density at radius 2 is 2.19 bits per heavy atom. The molecular weight excluding hydrogens is 353 g/mol. The summed E-state index contributed by atoms with van der Waals surface area (Å²) in [6.07, 6.45) is 2.10. The van der Waals surface area contributed by atoms with E-state index >= 15 is 0 Å². The molecule has 2 unspecified atom stereocenters. The monoisotopic (exact) mass is 375 g/mol. The van der Waals surface area contributed by atoms with Gasteiger partial charge in [0.2, 0.25) is 0 Å². The number of rotatable bonds is 5. The van der Waals surface area contributed by atoms with Crippen LogP contribution in [0.2, 0.25) is 0 Å². The van der Waals surface area contributed by atoms with Crippen LogP contribution >= 0.6 is 0 Å². The van der Waals surface area contributed by atoms with Gasteiger partial charge in [-0.15, -0.1) is 0 Å². The number of benzene rings is 1. The number of nitrogens with one attached hydrogen (secondary N) is 1. The molecule has 2 amide bonds. The third kappa shape index (κ3) is 5.02. The molecule has 0 aliphatic carbocycles. The third-order valence-electron chi connectivity index (χ3n) is 4.51. The molecule has 1 aliphatic heterocycles. The van der Waals surface area contributed by atoms with Crippen molar-refractivity contribution in [2.24, 2.45) is 11.8 Å². The zero-order chi connectivity index (χ0) is 19.4. The fourth-order valence-electron chi connectivity index (χ4n) is 3.28. The van der Waals surface area contributed by atoms with Crippen LogP contribution in [-0.4, -0.2) is 49.9 Å². The summed E-state index contributed by atoms with van der Waals surface area (Å²) in [6.45, 7) is 3.18. The first-order valence-corrected chi connectivity index (χ1v) is 8.79. The highest BCUT2D eigenvalue weighted by Gasteiger charge is 2.31. The van der Waals surface area contributed by atoms with Gasteiger partial charge < -0.3 is 15.3 Å². The number of carbonyl (C=O) groups excluding carboxylic acids is 1. The Morgan fingerprint density at radius 1 is 1.37 bits per heavy atom. The first-order chi connectivity index (χ1) is 12.9. The van der Waals surface area contributed by atoms with Crippen molar-refractivity contribution in [2.45, 2.75) is 26.4 Å². The number of carboxylic acids is 1. The highest BCUT2D eigenvalue weighted by Crippen LogP contribution is 2.21. The van der Waals surface area contributed by atoms with Gasteiger partial charge in [-0.1, -0.05) is 19.1 Å². The van der Waals surface area contributed by atoms with Crippen LogP contribution < -0.4 is 5.32 Å². The van der Waals surface area contributed by atoms with Crippen LogP contribution in [0.4, 0.5) is 9.18 Å². The average molecular weight is 375 g/mol. The number of carbonyl (C=O) groups is 2. The molecule has 1 aromatic heterocycles. The maximum Gasteiger partial charge on any atom is 0.317 e. The van der Waals surface area contributed by atoms with Crippen molar-refractivity contribution in [2.75, 3.05) is 13.1 Å². The Bertz CT molecular complexity index is 825. The van der Waals surface area contributed by atoms with Gasteiger partial charge in [0.1, 0.15) is 12.1 Å². The van der Waals surface area contributed by atoms with E-state index < -0.39 is 11.9 Å². The van der Waals surface area contributed by atoms with Crippen LogP contribution in [0.5, 0.6) is 0 Å². The quantitative estimate of drug-likeness (QED) is 0.829. The largest absolute Gasteiger partial charge is 0.481 e. The molecule has 2 N–H and O–H groups in total. The van der Waals surface area contributed by atoms with Gasteiger partial charge in [-0.25, -0.2) is 18.9 Å². The Morgan fingerprint density at radius 3 is 2.93 bits per heavy atom. The van der Waals surface area contributed by atoms with E-state index in [1.807, 2.05) is 6.92 Å². The van der Waals surface area contributed by atoms with Crippen molar-refractivity contribution in [3.05, 3.63) is 47.8 Å². The molecule has 27 heavy (non-hydrogen) atoms. The van der Waals surface area contributed by atoms with Gasteiger partial charge in [0.25, 0.3) is 0 Å². The number of carboxylic acid groups (broad SMARTS) is 1. The van der Waals surface area contributed by atoms with E-state index in [2.05, 4.69) is 15.4 Å². The van der Waals surface area contributed by atoms with E-state index in [1.165, 1.54) is 23.4 Å². The summed E-state index contributed by atoms with van der Waals surface area (Å²) in [5.74, 6) is -1.16. The summed E-state index contributed by atoms with van der Waals surface area (Å²) in [7, 11) is 0. The number of piperidine rings is 1. The number of nitrogens with zero attached hydrogens (tertiary/aromatic N) is 4. The standard InChI is InChI=1S/C18H22FN5O3/c1-12-5-14(17(25)26)10-23(8-12)18(27)20-7-16-21-11-24(22-16)9-13-3-2-4-15(19)6-13/h2-4,6,11-12,14H,5,7-10H2,1H3,(H,20,27)(H,25,26). The number of halogens is 1. The molecule has 1 aromatic carbocycles. The lowest BCUT2D eigenvalue weighted by Gasteiger charge is -2.34. The predicted molar refractivity (Wildman–Crippen MR) is 94.2 cm³/mol. The Labute approximate surface area is 156 Å². The summed E-state index contributed by atoms with van der Waals surface area (Å²) in [5, 5.41) is 16.2. The number of aliphatic carboxylic acids is 1. The minimum absolute atomic E-state index is 0.134. The third-order valence-corrected chi connectivity index (χ3v) is 4.51. The predicted octanol–water partition coefficient (Wildman–Crippen LogP) is 1.72. The zero-order valence-corrected chi connectivity index (χ0v) is 15.0. The summed E-state index contributed by atoms with van der Waals surface area (Å²) < 4.78 is 14.8. The van der Waals surface area contributed by atoms with E-state index in [0.717, 1.165) is 5.56 Å². The topological polar surface area (TPSA) is 100 Å². The Kier molecular flexibility index (Phi) is 5.68. The molecule has 2 atom stereocenters. The van der Waals surface area contributed by atoms with Crippen molar-refractivity contribution >= 4 is 12.0 Å². The summed E-state index contributed by atoms with van der Waals surface area (Å²) in [5.41, 5.74) is 0.762. The lowest BCUT2D eigenvalue weighted by Crippen LogP contribution is -2.49. The fraction of sp³-hybridized carbons (Fsp3) is 0.444. The number of amides is 2. The van der Waals surface area contributed by atoms with Crippen molar-refractivity contribution in [1.82, 2.24) is 25.0 Å². The van der Waals surface area contributed by atoms with E-state index in [0.29, 0.717) is 25.3 Å². The summed E-state index contributed by atoms with van der Waals surface area (Å²) >= 11 is 0.